The second-order valence-electron chi connectivity index (χ2n) is 6.33. The summed E-state index contributed by atoms with van der Waals surface area (Å²) in [7, 11) is 0. The molecule has 0 unspecified atom stereocenters. The highest BCUT2D eigenvalue weighted by molar-refractivity contribution is 5.92. The maximum Gasteiger partial charge on any atom is 0.415 e. The summed E-state index contributed by atoms with van der Waals surface area (Å²) in [6.45, 7) is 3.49. The highest BCUT2D eigenvalue weighted by Gasteiger charge is 2.28. The Morgan fingerprint density at radius 1 is 1.11 bits per heavy atom. The van der Waals surface area contributed by atoms with Gasteiger partial charge in [-0.3, -0.25) is 9.78 Å². The van der Waals surface area contributed by atoms with Gasteiger partial charge in [0.2, 0.25) is 0 Å². The van der Waals surface area contributed by atoms with Crippen molar-refractivity contribution in [3.05, 3.63) is 54.2 Å². The second kappa shape index (κ2) is 7.06. The number of amides is 2. The first-order valence-electron chi connectivity index (χ1n) is 8.63. The normalized spacial score (nSPS) is 14.4. The Balaban J connectivity index is 1.38. The number of carbonyl (C=O) groups excluding carboxylic acids is 2. The molecule has 1 saturated heterocycles. The van der Waals surface area contributed by atoms with Crippen LogP contribution in [0.15, 0.2) is 47.1 Å². The molecule has 1 fully saturated rings. The van der Waals surface area contributed by atoms with Crippen molar-refractivity contribution in [3.8, 4) is 5.75 Å². The van der Waals surface area contributed by atoms with Gasteiger partial charge in [-0.1, -0.05) is 6.07 Å². The van der Waals surface area contributed by atoms with Gasteiger partial charge in [0, 0.05) is 32.4 Å². The first-order valence-corrected chi connectivity index (χ1v) is 8.63. The van der Waals surface area contributed by atoms with E-state index in [9.17, 15) is 9.59 Å². The molecular weight excluding hydrogens is 348 g/mol. The minimum Gasteiger partial charge on any atom is -0.432 e. The molecule has 3 heterocycles. The van der Waals surface area contributed by atoms with Gasteiger partial charge in [0.25, 0.3) is 5.89 Å². The van der Waals surface area contributed by atoms with E-state index in [-0.39, 0.29) is 11.8 Å². The average Bonchev–Trinajstić information content (AvgIpc) is 3.11. The lowest BCUT2D eigenvalue weighted by Crippen LogP contribution is -2.51. The largest absolute Gasteiger partial charge is 0.432 e. The molecule has 138 valence electrons. The van der Waals surface area contributed by atoms with Crippen LogP contribution in [0.25, 0.3) is 11.1 Å². The van der Waals surface area contributed by atoms with E-state index in [1.165, 1.54) is 6.20 Å². The van der Waals surface area contributed by atoms with E-state index in [1.54, 1.807) is 34.2 Å². The molecule has 8 nitrogen and oxygen atoms in total. The van der Waals surface area contributed by atoms with E-state index < -0.39 is 6.09 Å². The predicted octanol–water partition coefficient (Wildman–Crippen LogP) is 2.49. The van der Waals surface area contributed by atoms with Crippen molar-refractivity contribution in [2.24, 2.45) is 0 Å². The predicted molar refractivity (Wildman–Crippen MR) is 96.5 cm³/mol. The standard InChI is InChI=1S/C19H18N4O4/c1-13-4-5-16-15(11-13)21-17(27-16)18(24)22-7-9-23(10-8-22)19(25)26-14-3-2-6-20-12-14/h2-6,11-12H,7-10H2,1H3. The fourth-order valence-electron chi connectivity index (χ4n) is 2.93. The fraction of sp³-hybridized carbons (Fsp3) is 0.263. The van der Waals surface area contributed by atoms with Crippen LogP contribution in [0.4, 0.5) is 4.79 Å². The van der Waals surface area contributed by atoms with Gasteiger partial charge >= 0.3 is 12.0 Å². The first kappa shape index (κ1) is 17.0. The SMILES string of the molecule is Cc1ccc2oc(C(=O)N3CCN(C(=O)Oc4cccnc4)CC3)nc2c1. The number of benzene rings is 1. The minimum atomic E-state index is -0.451. The Morgan fingerprint density at radius 3 is 2.63 bits per heavy atom. The van der Waals surface area contributed by atoms with Crippen LogP contribution in [0.5, 0.6) is 5.75 Å². The molecule has 0 bridgehead atoms. The number of ether oxygens (including phenoxy) is 1. The number of nitrogens with zero attached hydrogens (tertiary/aromatic N) is 4. The van der Waals surface area contributed by atoms with E-state index in [0.29, 0.717) is 43.0 Å². The van der Waals surface area contributed by atoms with Gasteiger partial charge in [0.15, 0.2) is 11.3 Å². The molecule has 2 amide bonds. The van der Waals surface area contributed by atoms with Crippen molar-refractivity contribution < 1.29 is 18.7 Å². The monoisotopic (exact) mass is 366 g/mol. The fourth-order valence-corrected chi connectivity index (χ4v) is 2.93. The number of piperazine rings is 1. The molecule has 27 heavy (non-hydrogen) atoms. The summed E-state index contributed by atoms with van der Waals surface area (Å²) in [5.74, 6) is 0.189. The number of oxazole rings is 1. The third-order valence-electron chi connectivity index (χ3n) is 4.39. The van der Waals surface area contributed by atoms with Crippen LogP contribution in [-0.2, 0) is 0 Å². The Hall–Kier alpha value is -3.42. The summed E-state index contributed by atoms with van der Waals surface area (Å²) in [6.07, 6.45) is 2.63. The lowest BCUT2D eigenvalue weighted by molar-refractivity contribution is 0.0599. The maximum atomic E-state index is 12.6. The molecule has 0 saturated carbocycles. The molecule has 0 N–H and O–H groups in total. The van der Waals surface area contributed by atoms with Crippen LogP contribution >= 0.6 is 0 Å². The Morgan fingerprint density at radius 2 is 1.89 bits per heavy atom. The van der Waals surface area contributed by atoms with Crippen molar-refractivity contribution in [1.29, 1.82) is 0 Å². The van der Waals surface area contributed by atoms with Crippen molar-refractivity contribution in [3.63, 3.8) is 0 Å². The van der Waals surface area contributed by atoms with Crippen LogP contribution in [0.2, 0.25) is 0 Å². The molecule has 0 spiro atoms. The molecule has 0 atom stereocenters. The highest BCUT2D eigenvalue weighted by Crippen LogP contribution is 2.19. The van der Waals surface area contributed by atoms with Crippen LogP contribution in [-0.4, -0.2) is 57.9 Å². The quantitative estimate of drug-likeness (QED) is 0.692. The van der Waals surface area contributed by atoms with Crippen molar-refractivity contribution in [2.75, 3.05) is 26.2 Å². The van der Waals surface area contributed by atoms with Gasteiger partial charge in [-0.25, -0.2) is 9.78 Å². The molecular formula is C19H18N4O4. The van der Waals surface area contributed by atoms with Gasteiger partial charge < -0.3 is 19.0 Å². The van der Waals surface area contributed by atoms with E-state index in [4.69, 9.17) is 9.15 Å². The van der Waals surface area contributed by atoms with Gasteiger partial charge in [-0.05, 0) is 36.8 Å². The molecule has 1 aliphatic heterocycles. The lowest BCUT2D eigenvalue weighted by Gasteiger charge is -2.33. The van der Waals surface area contributed by atoms with E-state index >= 15 is 0 Å². The molecule has 3 aromatic rings. The summed E-state index contributed by atoms with van der Waals surface area (Å²) in [5, 5.41) is 0. The zero-order valence-electron chi connectivity index (χ0n) is 14.8. The minimum absolute atomic E-state index is 0.0713. The summed E-state index contributed by atoms with van der Waals surface area (Å²) in [4.78, 5) is 36.2. The number of carbonyl (C=O) groups is 2. The highest BCUT2D eigenvalue weighted by atomic mass is 16.6. The number of aromatic nitrogens is 2. The Bertz CT molecular complexity index is 978. The first-order chi connectivity index (χ1) is 13.1. The molecule has 0 radical (unpaired) electrons. The van der Waals surface area contributed by atoms with Crippen molar-refractivity contribution in [2.45, 2.75) is 6.92 Å². The molecule has 1 aliphatic rings. The maximum absolute atomic E-state index is 12.6. The summed E-state index contributed by atoms with van der Waals surface area (Å²) in [6, 6.07) is 8.96. The zero-order valence-corrected chi connectivity index (χ0v) is 14.8. The number of pyridine rings is 1. The number of rotatable bonds is 2. The lowest BCUT2D eigenvalue weighted by atomic mass is 10.2. The van der Waals surface area contributed by atoms with E-state index in [1.807, 2.05) is 19.1 Å². The van der Waals surface area contributed by atoms with Crippen molar-refractivity contribution >= 4 is 23.1 Å². The van der Waals surface area contributed by atoms with Gasteiger partial charge in [0.1, 0.15) is 5.52 Å². The number of hydrogen-bond donors (Lipinski definition) is 0. The molecule has 4 rings (SSSR count). The molecule has 0 aliphatic carbocycles. The molecule has 2 aromatic heterocycles. The number of hydrogen-bond acceptors (Lipinski definition) is 6. The van der Waals surface area contributed by atoms with Gasteiger partial charge in [-0.15, -0.1) is 0 Å². The Labute approximate surface area is 155 Å². The number of fused-ring (bicyclic) bond motifs is 1. The van der Waals surface area contributed by atoms with Gasteiger partial charge in [-0.2, -0.15) is 0 Å². The van der Waals surface area contributed by atoms with E-state index in [0.717, 1.165) is 5.56 Å². The van der Waals surface area contributed by atoms with Crippen LogP contribution in [0.1, 0.15) is 16.2 Å². The van der Waals surface area contributed by atoms with Crippen LogP contribution in [0, 0.1) is 6.92 Å². The third kappa shape index (κ3) is 3.59. The average molecular weight is 366 g/mol. The topological polar surface area (TPSA) is 88.8 Å². The van der Waals surface area contributed by atoms with Crippen LogP contribution in [0.3, 0.4) is 0 Å². The summed E-state index contributed by atoms with van der Waals surface area (Å²) >= 11 is 0. The van der Waals surface area contributed by atoms with Gasteiger partial charge in [0.05, 0.1) is 6.20 Å². The summed E-state index contributed by atoms with van der Waals surface area (Å²) in [5.41, 5.74) is 2.30. The second-order valence-corrected chi connectivity index (χ2v) is 6.33. The summed E-state index contributed by atoms with van der Waals surface area (Å²) < 4.78 is 10.9. The smallest absolute Gasteiger partial charge is 0.415 e. The molecule has 1 aromatic carbocycles. The van der Waals surface area contributed by atoms with E-state index in [2.05, 4.69) is 9.97 Å². The third-order valence-corrected chi connectivity index (χ3v) is 4.39. The molecule has 8 heteroatoms. The zero-order chi connectivity index (χ0) is 18.8. The Kier molecular flexibility index (Phi) is 4.45. The number of aryl methyl sites for hydroxylation is 1. The van der Waals surface area contributed by atoms with Crippen LogP contribution < -0.4 is 4.74 Å². The van der Waals surface area contributed by atoms with Crippen molar-refractivity contribution in [1.82, 2.24) is 19.8 Å².